The quantitative estimate of drug-likeness (QED) is 0.648. The molecule has 2 aromatic heterocycles. The molecule has 7 heteroatoms. The minimum atomic E-state index is -0.441. The summed E-state index contributed by atoms with van der Waals surface area (Å²) in [4.78, 5) is 29.0. The van der Waals surface area contributed by atoms with E-state index in [1.807, 2.05) is 25.1 Å². The summed E-state index contributed by atoms with van der Waals surface area (Å²) in [5.74, 6) is -0.384. The summed E-state index contributed by atoms with van der Waals surface area (Å²) in [6.07, 6.45) is 2.48. The van der Waals surface area contributed by atoms with Crippen LogP contribution in [0.4, 0.5) is 5.00 Å². The van der Waals surface area contributed by atoms with Gasteiger partial charge in [-0.3, -0.25) is 4.79 Å². The van der Waals surface area contributed by atoms with Gasteiger partial charge in [-0.1, -0.05) is 24.8 Å². The summed E-state index contributed by atoms with van der Waals surface area (Å²) in [6.45, 7) is 2.00. The van der Waals surface area contributed by atoms with E-state index < -0.39 is 5.97 Å². The van der Waals surface area contributed by atoms with Gasteiger partial charge in [0.25, 0.3) is 0 Å². The predicted molar refractivity (Wildman–Crippen MR) is 88.6 cm³/mol. The minimum Gasteiger partial charge on any atom is -0.465 e. The zero-order chi connectivity index (χ0) is 15.9. The zero-order valence-electron chi connectivity index (χ0n) is 12.3. The van der Waals surface area contributed by atoms with Gasteiger partial charge in [0.1, 0.15) is 5.00 Å². The summed E-state index contributed by atoms with van der Waals surface area (Å²) in [7, 11) is 1.33. The molecular formula is C15H16N2O3S2. The van der Waals surface area contributed by atoms with E-state index in [2.05, 4.69) is 10.3 Å². The van der Waals surface area contributed by atoms with Crippen LogP contribution in [0.3, 0.4) is 0 Å². The monoisotopic (exact) mass is 336 g/mol. The number of hydrogen-bond donors (Lipinski definition) is 1. The lowest BCUT2D eigenvalue weighted by molar-refractivity contribution is -0.113. The third-order valence-electron chi connectivity index (χ3n) is 2.78. The summed E-state index contributed by atoms with van der Waals surface area (Å²) in [5.41, 5.74) is 0.403. The van der Waals surface area contributed by atoms with Crippen LogP contribution in [-0.4, -0.2) is 29.7 Å². The first kappa shape index (κ1) is 16.5. The van der Waals surface area contributed by atoms with E-state index >= 15 is 0 Å². The van der Waals surface area contributed by atoms with E-state index in [0.29, 0.717) is 10.6 Å². The van der Waals surface area contributed by atoms with Crippen molar-refractivity contribution in [3.05, 3.63) is 40.9 Å². The molecule has 0 fully saturated rings. The van der Waals surface area contributed by atoms with Crippen LogP contribution in [0.1, 0.15) is 22.2 Å². The second-order valence-corrected chi connectivity index (χ2v) is 6.44. The number of anilines is 1. The number of carbonyl (C=O) groups excluding carboxylic acids is 2. The molecule has 1 amide bonds. The summed E-state index contributed by atoms with van der Waals surface area (Å²) in [6, 6.07) is 7.30. The molecule has 116 valence electrons. The fraction of sp³-hybridized carbons (Fsp3) is 0.267. The number of thiophene rings is 1. The second-order valence-electron chi connectivity index (χ2n) is 4.31. The number of amides is 1. The number of methoxy groups -OCH3 is 1. The summed E-state index contributed by atoms with van der Waals surface area (Å²) in [5, 5.41) is 4.10. The molecule has 2 rings (SSSR count). The average Bonchev–Trinajstić information content (AvgIpc) is 2.96. The molecular weight excluding hydrogens is 320 g/mol. The van der Waals surface area contributed by atoms with Crippen molar-refractivity contribution in [1.29, 1.82) is 0 Å². The maximum atomic E-state index is 12.0. The molecule has 0 spiro atoms. The number of hydrogen-bond acceptors (Lipinski definition) is 6. The van der Waals surface area contributed by atoms with Crippen LogP contribution in [0.5, 0.6) is 0 Å². The Labute approximate surface area is 137 Å². The predicted octanol–water partition coefficient (Wildman–Crippen LogP) is 3.22. The first-order valence-corrected chi connectivity index (χ1v) is 8.49. The average molecular weight is 336 g/mol. The molecule has 0 aromatic carbocycles. The molecule has 0 aliphatic rings. The highest BCUT2D eigenvalue weighted by Gasteiger charge is 2.18. The maximum absolute atomic E-state index is 12.0. The van der Waals surface area contributed by atoms with Gasteiger partial charge in [-0.15, -0.1) is 11.3 Å². The number of nitrogens with one attached hydrogen (secondary N) is 1. The number of thioether (sulfide) groups is 1. The molecule has 0 unspecified atom stereocenters. The Morgan fingerprint density at radius 2 is 2.23 bits per heavy atom. The molecule has 1 N–H and O–H groups in total. The van der Waals surface area contributed by atoms with Crippen molar-refractivity contribution >= 4 is 40.0 Å². The minimum absolute atomic E-state index is 0.176. The van der Waals surface area contributed by atoms with Crippen molar-refractivity contribution in [2.24, 2.45) is 0 Å². The lowest BCUT2D eigenvalue weighted by Crippen LogP contribution is -2.15. The number of ether oxygens (including phenoxy) is 1. The molecule has 0 aliphatic heterocycles. The van der Waals surface area contributed by atoms with Crippen LogP contribution >= 0.6 is 23.1 Å². The Kier molecular flexibility index (Phi) is 5.97. The summed E-state index contributed by atoms with van der Waals surface area (Å²) >= 11 is 2.74. The van der Waals surface area contributed by atoms with Gasteiger partial charge in [-0.2, -0.15) is 0 Å². The van der Waals surface area contributed by atoms with Crippen molar-refractivity contribution in [1.82, 2.24) is 4.98 Å². The van der Waals surface area contributed by atoms with Gasteiger partial charge in [-0.25, -0.2) is 9.78 Å². The molecule has 2 aromatic rings. The fourth-order valence-corrected chi connectivity index (χ4v) is 3.37. The van der Waals surface area contributed by atoms with Crippen LogP contribution in [0, 0.1) is 0 Å². The van der Waals surface area contributed by atoms with Gasteiger partial charge in [0, 0.05) is 11.1 Å². The fourth-order valence-electron chi connectivity index (χ4n) is 1.71. The molecule has 0 saturated carbocycles. The van der Waals surface area contributed by atoms with Gasteiger partial charge in [0.2, 0.25) is 5.91 Å². The number of pyridine rings is 1. The molecule has 0 bridgehead atoms. The Hall–Kier alpha value is -1.86. The maximum Gasteiger partial charge on any atom is 0.340 e. The largest absolute Gasteiger partial charge is 0.465 e. The van der Waals surface area contributed by atoms with Crippen molar-refractivity contribution in [2.45, 2.75) is 18.4 Å². The Bertz CT molecular complexity index is 656. The molecule has 0 saturated heterocycles. The van der Waals surface area contributed by atoms with Crippen LogP contribution in [0.25, 0.3) is 0 Å². The number of nitrogens with zero attached hydrogens (tertiary/aromatic N) is 1. The van der Waals surface area contributed by atoms with Crippen LogP contribution in [-0.2, 0) is 16.0 Å². The number of rotatable bonds is 6. The number of carbonyl (C=O) groups is 2. The van der Waals surface area contributed by atoms with E-state index in [0.717, 1.165) is 16.3 Å². The molecule has 0 radical (unpaired) electrons. The Morgan fingerprint density at radius 3 is 2.86 bits per heavy atom. The lowest BCUT2D eigenvalue weighted by atomic mass is 10.2. The molecule has 22 heavy (non-hydrogen) atoms. The van der Waals surface area contributed by atoms with Gasteiger partial charge in [-0.05, 0) is 24.6 Å². The highest BCUT2D eigenvalue weighted by molar-refractivity contribution is 7.99. The highest BCUT2D eigenvalue weighted by atomic mass is 32.2. The zero-order valence-corrected chi connectivity index (χ0v) is 13.9. The van der Waals surface area contributed by atoms with Gasteiger partial charge in [0.15, 0.2) is 0 Å². The molecule has 2 heterocycles. The van der Waals surface area contributed by atoms with Gasteiger partial charge < -0.3 is 10.1 Å². The first-order chi connectivity index (χ1) is 10.6. The number of esters is 1. The van der Waals surface area contributed by atoms with Crippen molar-refractivity contribution < 1.29 is 14.3 Å². The van der Waals surface area contributed by atoms with E-state index in [1.165, 1.54) is 30.2 Å². The van der Waals surface area contributed by atoms with Crippen molar-refractivity contribution in [3.8, 4) is 0 Å². The second kappa shape index (κ2) is 7.95. The van der Waals surface area contributed by atoms with E-state index in [1.54, 1.807) is 12.3 Å². The van der Waals surface area contributed by atoms with Gasteiger partial charge >= 0.3 is 5.97 Å². The molecule has 5 nitrogen and oxygen atoms in total. The topological polar surface area (TPSA) is 68.3 Å². The first-order valence-electron chi connectivity index (χ1n) is 6.68. The number of aromatic nitrogens is 1. The van der Waals surface area contributed by atoms with Crippen molar-refractivity contribution in [3.63, 3.8) is 0 Å². The Morgan fingerprint density at radius 1 is 1.41 bits per heavy atom. The Balaban J connectivity index is 2.01. The van der Waals surface area contributed by atoms with E-state index in [9.17, 15) is 9.59 Å². The molecule has 0 aliphatic carbocycles. The van der Waals surface area contributed by atoms with Crippen LogP contribution < -0.4 is 5.32 Å². The van der Waals surface area contributed by atoms with Crippen LogP contribution in [0.2, 0.25) is 0 Å². The lowest BCUT2D eigenvalue weighted by Gasteiger charge is -2.05. The van der Waals surface area contributed by atoms with E-state index in [4.69, 9.17) is 4.74 Å². The SMILES string of the molecule is CCc1cc(C(=O)OC)c(NC(=O)CSc2ccccn2)s1. The van der Waals surface area contributed by atoms with Gasteiger partial charge in [0.05, 0.1) is 23.5 Å². The van der Waals surface area contributed by atoms with Crippen molar-refractivity contribution in [2.75, 3.05) is 18.2 Å². The normalized spacial score (nSPS) is 10.3. The van der Waals surface area contributed by atoms with Crippen LogP contribution in [0.15, 0.2) is 35.5 Å². The third kappa shape index (κ3) is 4.32. The smallest absolute Gasteiger partial charge is 0.340 e. The third-order valence-corrected chi connectivity index (χ3v) is 4.92. The summed E-state index contributed by atoms with van der Waals surface area (Å²) < 4.78 is 4.75. The highest BCUT2D eigenvalue weighted by Crippen LogP contribution is 2.29. The standard InChI is InChI=1S/C15H16N2O3S2/c1-3-10-8-11(15(19)20-2)14(22-10)17-12(18)9-21-13-6-4-5-7-16-13/h4-8H,3,9H2,1-2H3,(H,17,18). The van der Waals surface area contributed by atoms with E-state index in [-0.39, 0.29) is 11.7 Å². The molecule has 0 atom stereocenters. The number of aryl methyl sites for hydroxylation is 1.